The van der Waals surface area contributed by atoms with Crippen LogP contribution in [0.5, 0.6) is 17.2 Å². The predicted molar refractivity (Wildman–Crippen MR) is 104 cm³/mol. The van der Waals surface area contributed by atoms with Gasteiger partial charge in [0.2, 0.25) is 0 Å². The number of aromatic hydroxyl groups is 1. The van der Waals surface area contributed by atoms with Gasteiger partial charge in [-0.15, -0.1) is 0 Å². The smallest absolute Gasteiger partial charge is 0.156 e. The van der Waals surface area contributed by atoms with Gasteiger partial charge in [0.05, 0.1) is 29.0 Å². The van der Waals surface area contributed by atoms with Crippen LogP contribution in [0.25, 0.3) is 0 Å². The van der Waals surface area contributed by atoms with Crippen LogP contribution in [-0.4, -0.2) is 30.6 Å². The van der Waals surface area contributed by atoms with Crippen LogP contribution in [0.15, 0.2) is 41.6 Å². The number of ether oxygens (including phenoxy) is 2. The van der Waals surface area contributed by atoms with Gasteiger partial charge in [0.15, 0.2) is 5.75 Å². The standard InChI is InChI=1S/C19H21Cl2NO4/c1-3-26-22-13(2)14-5-7-16(8-6-14)24-9-4-10-25-19-17(20)11-15(23)12-18(19)21/h5-8,11-12,23H,3-4,9-10H2,1-2H3. The van der Waals surface area contributed by atoms with E-state index in [1.54, 1.807) is 0 Å². The third-order valence-electron chi connectivity index (χ3n) is 3.39. The first-order valence-corrected chi connectivity index (χ1v) is 8.97. The number of rotatable bonds is 9. The number of hydrogen-bond acceptors (Lipinski definition) is 5. The van der Waals surface area contributed by atoms with Gasteiger partial charge < -0.3 is 19.4 Å². The average molecular weight is 398 g/mol. The maximum Gasteiger partial charge on any atom is 0.156 e. The van der Waals surface area contributed by atoms with Crippen molar-refractivity contribution in [1.29, 1.82) is 0 Å². The fourth-order valence-electron chi connectivity index (χ4n) is 2.11. The largest absolute Gasteiger partial charge is 0.508 e. The lowest BCUT2D eigenvalue weighted by Crippen LogP contribution is -2.05. The molecule has 2 aromatic rings. The zero-order valence-corrected chi connectivity index (χ0v) is 16.2. The van der Waals surface area contributed by atoms with E-state index in [2.05, 4.69) is 5.16 Å². The van der Waals surface area contributed by atoms with Crippen LogP contribution < -0.4 is 9.47 Å². The lowest BCUT2D eigenvalue weighted by Gasteiger charge is -2.11. The van der Waals surface area contributed by atoms with E-state index in [0.29, 0.717) is 32.0 Å². The Balaban J connectivity index is 1.77. The normalized spacial score (nSPS) is 11.3. The highest BCUT2D eigenvalue weighted by atomic mass is 35.5. The quantitative estimate of drug-likeness (QED) is 0.353. The van der Waals surface area contributed by atoms with E-state index >= 15 is 0 Å². The predicted octanol–water partition coefficient (Wildman–Crippen LogP) is 5.31. The molecule has 0 aliphatic carbocycles. The number of halogens is 2. The minimum Gasteiger partial charge on any atom is -0.508 e. The molecule has 0 atom stereocenters. The maximum atomic E-state index is 9.39. The van der Waals surface area contributed by atoms with E-state index in [0.717, 1.165) is 17.0 Å². The van der Waals surface area contributed by atoms with Crippen LogP contribution in [0, 0.1) is 0 Å². The second-order valence-electron chi connectivity index (χ2n) is 5.41. The highest BCUT2D eigenvalue weighted by Gasteiger charge is 2.09. The van der Waals surface area contributed by atoms with E-state index in [1.807, 2.05) is 38.1 Å². The van der Waals surface area contributed by atoms with Gasteiger partial charge in [-0.3, -0.25) is 0 Å². The summed E-state index contributed by atoms with van der Waals surface area (Å²) in [6.07, 6.45) is 0.653. The zero-order chi connectivity index (χ0) is 18.9. The molecule has 0 saturated heterocycles. The van der Waals surface area contributed by atoms with Gasteiger partial charge in [0, 0.05) is 18.6 Å². The first kappa shape index (κ1) is 20.2. The van der Waals surface area contributed by atoms with Crippen LogP contribution in [0.4, 0.5) is 0 Å². The number of hydrogen-bond donors (Lipinski definition) is 1. The van der Waals surface area contributed by atoms with Crippen LogP contribution in [0.3, 0.4) is 0 Å². The molecule has 0 radical (unpaired) electrons. The summed E-state index contributed by atoms with van der Waals surface area (Å²) in [5.74, 6) is 1.12. The summed E-state index contributed by atoms with van der Waals surface area (Å²) < 4.78 is 11.2. The van der Waals surface area contributed by atoms with E-state index in [-0.39, 0.29) is 15.8 Å². The molecular formula is C19H21Cl2NO4. The number of oxime groups is 1. The highest BCUT2D eigenvalue weighted by molar-refractivity contribution is 6.37. The molecule has 5 nitrogen and oxygen atoms in total. The van der Waals surface area contributed by atoms with E-state index in [4.69, 9.17) is 37.5 Å². The molecule has 0 aromatic heterocycles. The Morgan fingerprint density at radius 1 is 1.04 bits per heavy atom. The molecule has 26 heavy (non-hydrogen) atoms. The summed E-state index contributed by atoms with van der Waals surface area (Å²) in [6.45, 7) is 5.20. The molecular weight excluding hydrogens is 377 g/mol. The van der Waals surface area contributed by atoms with Gasteiger partial charge in [0.25, 0.3) is 0 Å². The van der Waals surface area contributed by atoms with Gasteiger partial charge >= 0.3 is 0 Å². The Kier molecular flexibility index (Phi) is 7.88. The van der Waals surface area contributed by atoms with Crippen molar-refractivity contribution in [2.24, 2.45) is 5.16 Å². The van der Waals surface area contributed by atoms with Crippen molar-refractivity contribution in [2.75, 3.05) is 19.8 Å². The number of benzene rings is 2. The molecule has 0 saturated carbocycles. The van der Waals surface area contributed by atoms with Gasteiger partial charge in [-0.2, -0.15) is 0 Å². The summed E-state index contributed by atoms with van der Waals surface area (Å²) in [5.41, 5.74) is 1.79. The number of phenolic OH excluding ortho intramolecular Hbond substituents is 1. The summed E-state index contributed by atoms with van der Waals surface area (Å²) >= 11 is 12.0. The minimum atomic E-state index is 0.000619. The molecule has 1 N–H and O–H groups in total. The van der Waals surface area contributed by atoms with Crippen LogP contribution in [0.1, 0.15) is 25.8 Å². The molecule has 0 amide bonds. The van der Waals surface area contributed by atoms with Crippen molar-refractivity contribution < 1.29 is 19.4 Å². The SMILES string of the molecule is CCON=C(C)c1ccc(OCCCOc2c(Cl)cc(O)cc2Cl)cc1. The topological polar surface area (TPSA) is 60.3 Å². The van der Waals surface area contributed by atoms with Gasteiger partial charge in [-0.25, -0.2) is 0 Å². The second-order valence-corrected chi connectivity index (χ2v) is 6.22. The molecule has 2 rings (SSSR count). The molecule has 0 unspecified atom stereocenters. The summed E-state index contributed by atoms with van der Waals surface area (Å²) in [6, 6.07) is 10.4. The van der Waals surface area contributed by atoms with E-state index in [9.17, 15) is 5.11 Å². The first-order valence-electron chi connectivity index (χ1n) is 8.22. The Labute approximate surface area is 163 Å². The van der Waals surface area contributed by atoms with E-state index in [1.165, 1.54) is 12.1 Å². The van der Waals surface area contributed by atoms with Gasteiger partial charge in [0.1, 0.15) is 18.1 Å². The van der Waals surface area contributed by atoms with Crippen molar-refractivity contribution in [1.82, 2.24) is 0 Å². The summed E-state index contributed by atoms with van der Waals surface area (Å²) in [4.78, 5) is 5.04. The van der Waals surface area contributed by atoms with Crippen molar-refractivity contribution in [3.05, 3.63) is 52.0 Å². The van der Waals surface area contributed by atoms with Crippen molar-refractivity contribution >= 4 is 28.9 Å². The second kappa shape index (κ2) is 10.1. The summed E-state index contributed by atoms with van der Waals surface area (Å²) in [7, 11) is 0. The first-order chi connectivity index (χ1) is 12.5. The monoisotopic (exact) mass is 397 g/mol. The molecule has 2 aromatic carbocycles. The molecule has 0 aliphatic rings. The molecule has 7 heteroatoms. The van der Waals surface area contributed by atoms with E-state index < -0.39 is 0 Å². The lowest BCUT2D eigenvalue weighted by molar-refractivity contribution is 0.159. The third-order valence-corrected chi connectivity index (χ3v) is 3.95. The lowest BCUT2D eigenvalue weighted by atomic mass is 10.1. The molecule has 140 valence electrons. The van der Waals surface area contributed by atoms with Crippen molar-refractivity contribution in [3.8, 4) is 17.2 Å². The van der Waals surface area contributed by atoms with Gasteiger partial charge in [-0.1, -0.05) is 28.4 Å². The molecule has 0 heterocycles. The van der Waals surface area contributed by atoms with Crippen LogP contribution in [0.2, 0.25) is 10.0 Å². The van der Waals surface area contributed by atoms with Crippen LogP contribution >= 0.6 is 23.2 Å². The number of nitrogens with zero attached hydrogens (tertiary/aromatic N) is 1. The molecule has 0 aliphatic heterocycles. The van der Waals surface area contributed by atoms with Gasteiger partial charge in [-0.05, 0) is 43.7 Å². The highest BCUT2D eigenvalue weighted by Crippen LogP contribution is 2.36. The Bertz CT molecular complexity index is 725. The van der Waals surface area contributed by atoms with Crippen LogP contribution in [-0.2, 0) is 4.84 Å². The molecule has 0 bridgehead atoms. The Hall–Kier alpha value is -2.11. The fourth-order valence-corrected chi connectivity index (χ4v) is 2.70. The van der Waals surface area contributed by atoms with Crippen molar-refractivity contribution in [2.45, 2.75) is 20.3 Å². The van der Waals surface area contributed by atoms with Crippen molar-refractivity contribution in [3.63, 3.8) is 0 Å². The average Bonchev–Trinajstić information content (AvgIpc) is 2.61. The maximum absolute atomic E-state index is 9.39. The Morgan fingerprint density at radius 3 is 2.27 bits per heavy atom. The zero-order valence-electron chi connectivity index (χ0n) is 14.7. The summed E-state index contributed by atoms with van der Waals surface area (Å²) in [5, 5.41) is 13.9. The molecule has 0 spiro atoms. The molecule has 0 fully saturated rings. The Morgan fingerprint density at radius 2 is 1.65 bits per heavy atom. The third kappa shape index (κ3) is 6.00. The number of phenols is 1. The fraction of sp³-hybridized carbons (Fsp3) is 0.316. The minimum absolute atomic E-state index is 0.000619.